The molecule has 2 saturated heterocycles. The summed E-state index contributed by atoms with van der Waals surface area (Å²) in [5.41, 5.74) is 3.74. The molecule has 0 aliphatic carbocycles. The highest BCUT2D eigenvalue weighted by molar-refractivity contribution is 5.94. The Kier molecular flexibility index (Phi) is 5.14. The Bertz CT molecular complexity index is 888. The average molecular weight is 396 g/mol. The first kappa shape index (κ1) is 19.6. The van der Waals surface area contributed by atoms with Gasteiger partial charge in [-0.15, -0.1) is 0 Å². The zero-order valence-electron chi connectivity index (χ0n) is 16.9. The van der Waals surface area contributed by atoms with Crippen LogP contribution in [0.25, 0.3) is 0 Å². The number of benzene rings is 1. The van der Waals surface area contributed by atoms with Crippen molar-refractivity contribution in [1.82, 2.24) is 25.0 Å². The van der Waals surface area contributed by atoms with E-state index in [9.17, 15) is 9.59 Å². The molecule has 1 aromatic heterocycles. The molecule has 8 nitrogen and oxygen atoms in total. The van der Waals surface area contributed by atoms with Gasteiger partial charge in [0.05, 0.1) is 24.2 Å². The Morgan fingerprint density at radius 1 is 1.24 bits per heavy atom. The van der Waals surface area contributed by atoms with E-state index in [2.05, 4.69) is 29.3 Å². The molecule has 1 unspecified atom stereocenters. The van der Waals surface area contributed by atoms with Crippen molar-refractivity contribution in [3.05, 3.63) is 53.9 Å². The molecule has 3 N–H and O–H groups in total. The van der Waals surface area contributed by atoms with E-state index >= 15 is 0 Å². The summed E-state index contributed by atoms with van der Waals surface area (Å²) >= 11 is 0. The first-order valence-corrected chi connectivity index (χ1v) is 10.0. The number of hydrogen-bond acceptors (Lipinski definition) is 5. The van der Waals surface area contributed by atoms with Crippen LogP contribution in [0.15, 0.2) is 42.7 Å². The van der Waals surface area contributed by atoms with E-state index in [0.717, 1.165) is 18.7 Å². The number of hydrazine groups is 1. The maximum Gasteiger partial charge on any atom is 0.257 e. The number of nitrogens with one attached hydrogen (secondary N) is 1. The van der Waals surface area contributed by atoms with Gasteiger partial charge >= 0.3 is 0 Å². The zero-order chi connectivity index (χ0) is 20.6. The van der Waals surface area contributed by atoms with E-state index in [-0.39, 0.29) is 23.1 Å². The molecule has 0 bridgehead atoms. The van der Waals surface area contributed by atoms with Gasteiger partial charge in [-0.1, -0.05) is 30.3 Å². The summed E-state index contributed by atoms with van der Waals surface area (Å²) in [5.74, 6) is 4.86. The Labute approximate surface area is 170 Å². The average Bonchev–Trinajstić information content (AvgIpc) is 3.31. The smallest absolute Gasteiger partial charge is 0.257 e. The number of rotatable bonds is 5. The van der Waals surface area contributed by atoms with Crippen molar-refractivity contribution in [2.24, 2.45) is 17.2 Å². The van der Waals surface area contributed by atoms with Gasteiger partial charge in [-0.05, 0) is 19.4 Å². The summed E-state index contributed by atoms with van der Waals surface area (Å²) in [6.45, 7) is 7.46. The van der Waals surface area contributed by atoms with Crippen LogP contribution < -0.4 is 11.3 Å². The van der Waals surface area contributed by atoms with Crippen molar-refractivity contribution < 1.29 is 9.59 Å². The summed E-state index contributed by atoms with van der Waals surface area (Å²) in [7, 11) is 0. The second kappa shape index (κ2) is 7.61. The Morgan fingerprint density at radius 2 is 1.97 bits per heavy atom. The minimum atomic E-state index is -0.286. The molecule has 154 valence electrons. The predicted molar refractivity (Wildman–Crippen MR) is 109 cm³/mol. The van der Waals surface area contributed by atoms with E-state index < -0.39 is 0 Å². The van der Waals surface area contributed by atoms with Crippen LogP contribution in [0.2, 0.25) is 0 Å². The molecule has 1 atom stereocenters. The number of aromatic nitrogens is 2. The van der Waals surface area contributed by atoms with Crippen molar-refractivity contribution in [3.8, 4) is 0 Å². The number of nitrogens with two attached hydrogens (primary N) is 1. The standard InChI is InChI=1S/C21H28N6O2/c1-15(2)26-13-21(14-26)12-25(11-18(21)19(28)24-22)20(29)17-8-23-27(10-17)9-16-6-4-3-5-7-16/h3-8,10,15,18H,9,11-14,22H2,1-2H3,(H,24,28). The van der Waals surface area contributed by atoms with Crippen LogP contribution in [-0.4, -0.2) is 63.6 Å². The molecule has 4 rings (SSSR count). The molecule has 3 heterocycles. The van der Waals surface area contributed by atoms with Gasteiger partial charge in [0, 0.05) is 43.8 Å². The van der Waals surface area contributed by atoms with Crippen LogP contribution in [0.4, 0.5) is 0 Å². The number of carbonyl (C=O) groups is 2. The third-order valence-corrected chi connectivity index (χ3v) is 6.23. The van der Waals surface area contributed by atoms with Crippen LogP contribution in [0, 0.1) is 11.3 Å². The number of amides is 2. The molecule has 0 radical (unpaired) electrons. The number of carbonyl (C=O) groups excluding carboxylic acids is 2. The SMILES string of the molecule is CC(C)N1CC2(CN(C(=O)c3cnn(Cc4ccccc4)c3)CC2C(=O)NN)C1. The fraction of sp³-hybridized carbons (Fsp3) is 0.476. The molecule has 29 heavy (non-hydrogen) atoms. The largest absolute Gasteiger partial charge is 0.337 e. The van der Waals surface area contributed by atoms with Crippen LogP contribution in [0.3, 0.4) is 0 Å². The van der Waals surface area contributed by atoms with E-state index in [4.69, 9.17) is 5.84 Å². The topological polar surface area (TPSA) is 96.5 Å². The molecular weight excluding hydrogens is 368 g/mol. The second-order valence-electron chi connectivity index (χ2n) is 8.52. The Balaban J connectivity index is 1.47. The lowest BCUT2D eigenvalue weighted by Gasteiger charge is -2.52. The molecule has 1 spiro atoms. The van der Waals surface area contributed by atoms with Gasteiger partial charge in [0.2, 0.25) is 5.91 Å². The quantitative estimate of drug-likeness (QED) is 0.441. The van der Waals surface area contributed by atoms with Crippen LogP contribution >= 0.6 is 0 Å². The van der Waals surface area contributed by atoms with Crippen molar-refractivity contribution >= 4 is 11.8 Å². The highest BCUT2D eigenvalue weighted by Gasteiger charge is 2.57. The van der Waals surface area contributed by atoms with E-state index in [1.807, 2.05) is 30.3 Å². The zero-order valence-corrected chi connectivity index (χ0v) is 16.9. The molecule has 8 heteroatoms. The highest BCUT2D eigenvalue weighted by Crippen LogP contribution is 2.45. The second-order valence-corrected chi connectivity index (χ2v) is 8.52. The van der Waals surface area contributed by atoms with Gasteiger partial charge in [0.15, 0.2) is 0 Å². The normalized spacial score (nSPS) is 20.8. The lowest BCUT2D eigenvalue weighted by molar-refractivity contribution is -0.133. The number of nitrogens with zero attached hydrogens (tertiary/aromatic N) is 4. The summed E-state index contributed by atoms with van der Waals surface area (Å²) in [6.07, 6.45) is 3.38. The van der Waals surface area contributed by atoms with Gasteiger partial charge in [-0.2, -0.15) is 5.10 Å². The molecular formula is C21H28N6O2. The van der Waals surface area contributed by atoms with Crippen molar-refractivity contribution in [2.45, 2.75) is 26.4 Å². The fourth-order valence-electron chi connectivity index (χ4n) is 4.55. The fourth-order valence-corrected chi connectivity index (χ4v) is 4.55. The molecule has 2 aliphatic rings. The van der Waals surface area contributed by atoms with Gasteiger partial charge in [-0.3, -0.25) is 24.6 Å². The first-order valence-electron chi connectivity index (χ1n) is 10.0. The predicted octanol–water partition coefficient (Wildman–Crippen LogP) is 0.704. The summed E-state index contributed by atoms with van der Waals surface area (Å²) in [5, 5.41) is 4.34. The minimum Gasteiger partial charge on any atom is -0.337 e. The third kappa shape index (κ3) is 3.65. The third-order valence-electron chi connectivity index (χ3n) is 6.23. The number of likely N-dealkylation sites (tertiary alicyclic amines) is 2. The molecule has 2 amide bonds. The summed E-state index contributed by atoms with van der Waals surface area (Å²) < 4.78 is 1.77. The van der Waals surface area contributed by atoms with Gasteiger partial charge < -0.3 is 4.90 Å². The van der Waals surface area contributed by atoms with E-state index in [1.165, 1.54) is 0 Å². The monoisotopic (exact) mass is 396 g/mol. The maximum absolute atomic E-state index is 13.1. The lowest BCUT2D eigenvalue weighted by atomic mass is 9.70. The molecule has 2 fully saturated rings. The maximum atomic E-state index is 13.1. The van der Waals surface area contributed by atoms with Crippen LogP contribution in [-0.2, 0) is 11.3 Å². The minimum absolute atomic E-state index is 0.0843. The van der Waals surface area contributed by atoms with Gasteiger partial charge in [0.1, 0.15) is 0 Å². The van der Waals surface area contributed by atoms with Crippen molar-refractivity contribution in [2.75, 3.05) is 26.2 Å². The lowest BCUT2D eigenvalue weighted by Crippen LogP contribution is -2.64. The molecule has 2 aromatic rings. The van der Waals surface area contributed by atoms with Crippen molar-refractivity contribution in [3.63, 3.8) is 0 Å². The summed E-state index contributed by atoms with van der Waals surface area (Å²) in [4.78, 5) is 29.6. The van der Waals surface area contributed by atoms with Gasteiger partial charge in [0.25, 0.3) is 5.91 Å². The number of hydrogen-bond donors (Lipinski definition) is 2. The van der Waals surface area contributed by atoms with Crippen LogP contribution in [0.1, 0.15) is 29.8 Å². The summed E-state index contributed by atoms with van der Waals surface area (Å²) in [6, 6.07) is 10.4. The highest BCUT2D eigenvalue weighted by atomic mass is 16.2. The first-order chi connectivity index (χ1) is 13.9. The molecule has 2 aliphatic heterocycles. The van der Waals surface area contributed by atoms with E-state index in [1.54, 1.807) is 22.0 Å². The van der Waals surface area contributed by atoms with Gasteiger partial charge in [-0.25, -0.2) is 5.84 Å². The Hall–Kier alpha value is -2.71. The Morgan fingerprint density at radius 3 is 2.62 bits per heavy atom. The molecule has 1 aromatic carbocycles. The van der Waals surface area contributed by atoms with E-state index in [0.29, 0.717) is 31.2 Å². The van der Waals surface area contributed by atoms with Crippen LogP contribution in [0.5, 0.6) is 0 Å². The van der Waals surface area contributed by atoms with Crippen molar-refractivity contribution in [1.29, 1.82) is 0 Å². The molecule has 0 saturated carbocycles.